The van der Waals surface area contributed by atoms with Crippen molar-refractivity contribution in [3.05, 3.63) is 5.41 Å². The van der Waals surface area contributed by atoms with Crippen molar-refractivity contribution >= 4 is 6.01 Å². The van der Waals surface area contributed by atoms with Crippen molar-refractivity contribution in [2.45, 2.75) is 6.92 Å². The molecule has 14 heavy (non-hydrogen) atoms. The Balaban J connectivity index is 0. The zero-order valence-electron chi connectivity index (χ0n) is 9.32. The molecular weight excluding hydrogens is 180 g/mol. The number of hydrogen-bond acceptors (Lipinski definition) is 3. The highest BCUT2D eigenvalue weighted by Crippen LogP contribution is 1.88. The van der Waals surface area contributed by atoms with Gasteiger partial charge < -0.3 is 19.6 Å². The third kappa shape index (κ3) is 22.4. The van der Waals surface area contributed by atoms with E-state index in [-0.39, 0.29) is 0 Å². The Morgan fingerprint density at radius 3 is 2.21 bits per heavy atom. The molecule has 0 heterocycles. The number of rotatable bonds is 4. The molecule has 0 aliphatic carbocycles. The summed E-state index contributed by atoms with van der Waals surface area (Å²) < 4.78 is 6.18. The summed E-state index contributed by atoms with van der Waals surface area (Å²) in [5.41, 5.74) is 0. The molecule has 0 aliphatic rings. The normalized spacial score (nSPS) is 9.07. The van der Waals surface area contributed by atoms with Crippen LogP contribution in [-0.2, 0) is 4.74 Å². The van der Waals surface area contributed by atoms with Crippen LogP contribution in [0.5, 0.6) is 0 Å². The van der Waals surface area contributed by atoms with Gasteiger partial charge in [0.2, 0.25) is 0 Å². The van der Waals surface area contributed by atoms with E-state index < -0.39 is 0 Å². The van der Waals surface area contributed by atoms with Crippen LogP contribution in [0, 0.1) is 11.5 Å². The lowest BCUT2D eigenvalue weighted by Gasteiger charge is -2.23. The van der Waals surface area contributed by atoms with E-state index in [1.54, 1.807) is 0 Å². The lowest BCUT2D eigenvalue weighted by Crippen LogP contribution is -2.37. The summed E-state index contributed by atoms with van der Waals surface area (Å²) in [7, 11) is 6.50. The third-order valence-electron chi connectivity index (χ3n) is 1.21. The summed E-state index contributed by atoms with van der Waals surface area (Å²) >= 11 is 0. The van der Waals surface area contributed by atoms with Gasteiger partial charge in [0.1, 0.15) is 6.54 Å². The molecule has 0 saturated heterocycles. The first kappa shape index (κ1) is 15.3. The average molecular weight is 198 g/mol. The number of likely N-dealkylation sites (N-methyl/N-ethyl adjacent to an activating group) is 1. The van der Waals surface area contributed by atoms with Gasteiger partial charge in [-0.05, 0) is 6.92 Å². The molecule has 0 spiro atoms. The summed E-state index contributed by atoms with van der Waals surface area (Å²) in [4.78, 5) is 2.58. The maximum atomic E-state index is 7.43. The molecule has 0 amide bonds. The molecule has 0 N–H and O–H groups in total. The van der Waals surface area contributed by atoms with Crippen molar-refractivity contribution in [1.82, 2.24) is 0 Å². The fourth-order valence-corrected chi connectivity index (χ4v) is 0.505. The van der Waals surface area contributed by atoms with Crippen LogP contribution < -0.4 is 0 Å². The monoisotopic (exact) mass is 198 g/mol. The molecule has 0 fully saturated rings. The maximum Gasteiger partial charge on any atom is 0.102 e. The van der Waals surface area contributed by atoms with E-state index in [0.29, 0.717) is 0 Å². The van der Waals surface area contributed by atoms with Crippen LogP contribution in [-0.4, -0.2) is 51.4 Å². The molecule has 0 aromatic heterocycles. The zero-order chi connectivity index (χ0) is 11.4. The number of aliphatic imine (C=N–C) groups is 1. The first-order valence-electron chi connectivity index (χ1n) is 4.34. The second kappa shape index (κ2) is 9.87. The highest BCUT2D eigenvalue weighted by Gasteiger charge is 2.04. The Bertz CT molecular complexity index is 208. The van der Waals surface area contributed by atoms with Gasteiger partial charge in [0.05, 0.1) is 33.9 Å². The first-order chi connectivity index (χ1) is 6.47. The van der Waals surface area contributed by atoms with Crippen LogP contribution in [0.2, 0.25) is 0 Å². The van der Waals surface area contributed by atoms with Gasteiger partial charge in [0, 0.05) is 6.61 Å². The summed E-state index contributed by atoms with van der Waals surface area (Å²) in [6.07, 6.45) is 1.28. The van der Waals surface area contributed by atoms with Crippen LogP contribution in [0.25, 0.3) is 5.41 Å². The molecule has 80 valence electrons. The first-order valence-corrected chi connectivity index (χ1v) is 4.34. The number of hydrogen-bond donors (Lipinski definition) is 0. The van der Waals surface area contributed by atoms with Crippen molar-refractivity contribution in [2.75, 3.05) is 40.9 Å². The topological polar surface area (TPSA) is 67.7 Å². The van der Waals surface area contributed by atoms with Crippen LogP contribution in [0.4, 0.5) is 0 Å². The molecule has 5 nitrogen and oxygen atoms in total. The molecule has 0 aromatic rings. The predicted molar refractivity (Wildman–Crippen MR) is 55.8 cm³/mol. The van der Waals surface area contributed by atoms with Crippen LogP contribution >= 0.6 is 0 Å². The van der Waals surface area contributed by atoms with E-state index >= 15 is 0 Å². The zero-order valence-corrected chi connectivity index (χ0v) is 9.32. The van der Waals surface area contributed by atoms with E-state index in [4.69, 9.17) is 15.4 Å². The molecule has 0 radical (unpaired) electrons. The van der Waals surface area contributed by atoms with E-state index in [0.717, 1.165) is 24.2 Å². The minimum Gasteiger partial charge on any atom is -0.422 e. The van der Waals surface area contributed by atoms with Gasteiger partial charge in [-0.15, -0.1) is 6.01 Å². The molecule has 0 saturated carbocycles. The minimum atomic E-state index is 0.833. The summed E-state index contributed by atoms with van der Waals surface area (Å²) in [5, 5.41) is 14.9. The Labute approximate surface area is 85.7 Å². The second-order valence-corrected chi connectivity index (χ2v) is 3.52. The van der Waals surface area contributed by atoms with Crippen molar-refractivity contribution in [3.63, 3.8) is 0 Å². The predicted octanol–water partition coefficient (Wildman–Crippen LogP) is 0.940. The third-order valence-corrected chi connectivity index (χ3v) is 1.21. The van der Waals surface area contributed by atoms with E-state index in [1.165, 1.54) is 12.2 Å². The molecule has 0 aromatic carbocycles. The largest absolute Gasteiger partial charge is 0.422 e. The van der Waals surface area contributed by atoms with Gasteiger partial charge in [-0.25, -0.2) is 0 Å². The van der Waals surface area contributed by atoms with Crippen molar-refractivity contribution in [3.8, 4) is 6.19 Å². The Morgan fingerprint density at radius 1 is 1.43 bits per heavy atom. The maximum absolute atomic E-state index is 7.43. The Kier molecular flexibility index (Phi) is 10.8. The summed E-state index contributed by atoms with van der Waals surface area (Å²) in [6.45, 7) is 4.82. The number of quaternary nitrogens is 1. The molecule has 0 unspecified atom stereocenters. The van der Waals surface area contributed by atoms with Crippen molar-refractivity contribution < 1.29 is 9.22 Å². The van der Waals surface area contributed by atoms with Crippen LogP contribution in [0.1, 0.15) is 6.92 Å². The van der Waals surface area contributed by atoms with Crippen molar-refractivity contribution in [2.24, 2.45) is 4.99 Å². The smallest absolute Gasteiger partial charge is 0.102 e. The lowest BCUT2D eigenvalue weighted by atomic mass is 10.5. The molecule has 0 atom stereocenters. The van der Waals surface area contributed by atoms with Crippen LogP contribution in [0.15, 0.2) is 4.99 Å². The summed E-state index contributed by atoms with van der Waals surface area (Å²) in [5.74, 6) is 0. The minimum absolute atomic E-state index is 0.833. The number of nitrogens with zero attached hydrogens (tertiary/aromatic N) is 4. The molecular formula is C9H18N4O. The Hall–Kier alpha value is -1.21. The van der Waals surface area contributed by atoms with Gasteiger partial charge in [0.15, 0.2) is 0 Å². The van der Waals surface area contributed by atoms with Gasteiger partial charge in [0.25, 0.3) is 0 Å². The highest BCUT2D eigenvalue weighted by atomic mass is 16.5. The summed E-state index contributed by atoms with van der Waals surface area (Å²) in [6, 6.07) is 1.28. The average Bonchev–Trinajstić information content (AvgIpc) is 2.05. The SMILES string of the molecule is CCOCC[N+](C)(C)C.N#CN=C=[N-]. The Morgan fingerprint density at radius 2 is 2.00 bits per heavy atom. The fourth-order valence-electron chi connectivity index (χ4n) is 0.505. The number of nitriles is 1. The van der Waals surface area contributed by atoms with Gasteiger partial charge >= 0.3 is 0 Å². The molecule has 0 rings (SSSR count). The van der Waals surface area contributed by atoms with Gasteiger partial charge in [-0.3, -0.25) is 0 Å². The highest BCUT2D eigenvalue weighted by molar-refractivity contribution is 5.46. The van der Waals surface area contributed by atoms with Gasteiger partial charge in [-0.1, -0.05) is 0 Å². The standard InChI is InChI=1S/C7H18NO.C2N3/c1-5-9-7-6-8(2,3)4;3-1-5-2-4/h5-7H2,1-4H3;/q+1;-1. The van der Waals surface area contributed by atoms with Crippen molar-refractivity contribution in [1.29, 1.82) is 5.26 Å². The molecule has 0 bridgehead atoms. The van der Waals surface area contributed by atoms with E-state index in [9.17, 15) is 0 Å². The lowest BCUT2D eigenvalue weighted by molar-refractivity contribution is -0.870. The molecule has 0 aliphatic heterocycles. The second-order valence-electron chi connectivity index (χ2n) is 3.52. The number of ether oxygens (including phenoxy) is 1. The van der Waals surface area contributed by atoms with Crippen LogP contribution in [0.3, 0.4) is 0 Å². The van der Waals surface area contributed by atoms with E-state index in [2.05, 4.69) is 26.1 Å². The van der Waals surface area contributed by atoms with Gasteiger partial charge in [-0.2, -0.15) is 5.26 Å². The molecule has 5 heteroatoms. The van der Waals surface area contributed by atoms with E-state index in [1.807, 2.05) is 6.92 Å². The fraction of sp³-hybridized carbons (Fsp3) is 0.778. The quantitative estimate of drug-likeness (QED) is 0.292.